The van der Waals surface area contributed by atoms with Crippen LogP contribution in [0.15, 0.2) is 11.6 Å². The van der Waals surface area contributed by atoms with Gasteiger partial charge in [0.2, 0.25) is 0 Å². The molecule has 3 nitrogen and oxygen atoms in total. The molecule has 0 aromatic rings. The highest BCUT2D eigenvalue weighted by molar-refractivity contribution is 5.91. The van der Waals surface area contributed by atoms with Crippen molar-refractivity contribution < 1.29 is 45.9 Å². The fourth-order valence-electron chi connectivity index (χ4n) is 6.79. The second-order valence-corrected chi connectivity index (χ2v) is 9.57. The lowest BCUT2D eigenvalue weighted by molar-refractivity contribution is -0.159. The minimum Gasteiger partial charge on any atom is -0.462 e. The highest BCUT2D eigenvalue weighted by atomic mass is 16.5. The van der Waals surface area contributed by atoms with Crippen LogP contribution in [-0.2, 0) is 14.3 Å². The Bertz CT molecular complexity index is 1600. The largest absolute Gasteiger partial charge is 0.462 e. The molecule has 4 aliphatic carbocycles. The maximum absolute atomic E-state index is 13.6. The third kappa shape index (κ3) is 5.76. The number of rotatable bonds is 11. The van der Waals surface area contributed by atoms with Crippen LogP contribution in [0.3, 0.4) is 0 Å². The highest BCUT2D eigenvalue weighted by Gasteiger charge is 2.57. The predicted molar refractivity (Wildman–Crippen MR) is 134 cm³/mol. The van der Waals surface area contributed by atoms with E-state index in [2.05, 4.69) is 0 Å². The van der Waals surface area contributed by atoms with Crippen LogP contribution in [-0.4, -0.2) is 17.9 Å². The number of ketones is 1. The molecule has 186 valence electrons. The Labute approximate surface area is 234 Å². The minimum atomic E-state index is -4.81. The highest BCUT2D eigenvalue weighted by Crippen LogP contribution is 2.62. The van der Waals surface area contributed by atoms with Crippen LogP contribution in [0.1, 0.15) is 160 Å². The molecule has 0 amide bonds. The van der Waals surface area contributed by atoms with Crippen LogP contribution in [0, 0.1) is 29.1 Å². The van der Waals surface area contributed by atoms with Gasteiger partial charge in [0.05, 0.1) is 0 Å². The van der Waals surface area contributed by atoms with Gasteiger partial charge in [-0.2, -0.15) is 0 Å². The summed E-state index contributed by atoms with van der Waals surface area (Å²) in [6.45, 7) is -2.13. The van der Waals surface area contributed by atoms with Crippen molar-refractivity contribution in [3.8, 4) is 0 Å². The Hall–Kier alpha value is -1.12. The molecule has 3 fully saturated rings. The van der Waals surface area contributed by atoms with Crippen LogP contribution < -0.4 is 0 Å². The Kier molecular flexibility index (Phi) is 3.17. The van der Waals surface area contributed by atoms with Gasteiger partial charge in [0.15, 0.2) is 5.78 Å². The molecule has 0 radical (unpaired) electrons. The molecule has 4 rings (SSSR count). The molecule has 6 atom stereocenters. The van der Waals surface area contributed by atoms with Gasteiger partial charge in [0.25, 0.3) is 0 Å². The third-order valence-corrected chi connectivity index (χ3v) is 8.13. The van der Waals surface area contributed by atoms with E-state index in [1.807, 2.05) is 6.92 Å². The summed E-state index contributed by atoms with van der Waals surface area (Å²) in [5, 5.41) is 0. The number of allylic oxidation sites excluding steroid dienone is 1. The first kappa shape index (κ1) is 9.07. The van der Waals surface area contributed by atoms with Crippen LogP contribution in [0.4, 0.5) is 0 Å². The lowest BCUT2D eigenvalue weighted by Gasteiger charge is -2.53. The zero-order valence-corrected chi connectivity index (χ0v) is 18.8. The second kappa shape index (κ2) is 11.5. The maximum Gasteiger partial charge on any atom is 0.306 e. The van der Waals surface area contributed by atoms with Crippen molar-refractivity contribution in [2.75, 3.05) is 0 Å². The molecule has 0 unspecified atom stereocenters. The number of carbonyl (C=O) groups is 2. The van der Waals surface area contributed by atoms with Crippen molar-refractivity contribution >= 4 is 11.8 Å². The van der Waals surface area contributed by atoms with Gasteiger partial charge >= 0.3 is 5.97 Å². The summed E-state index contributed by atoms with van der Waals surface area (Å²) in [6.07, 6.45) is -40.3. The first-order chi connectivity index (χ1) is 24.7. The lowest BCUT2D eigenvalue weighted by Crippen LogP contribution is -2.48. The van der Waals surface area contributed by atoms with Gasteiger partial charge < -0.3 is 4.74 Å². The van der Waals surface area contributed by atoms with Crippen molar-refractivity contribution in [2.24, 2.45) is 29.1 Å². The van der Waals surface area contributed by atoms with E-state index in [0.29, 0.717) is 25.7 Å². The fourth-order valence-corrected chi connectivity index (χ4v) is 6.79. The number of ether oxygens (including phenoxy) is 1. The standard InChI is InChI=1S/C30H48O3/c1-3-4-5-6-7-8-9-10-11-12-29(32)33-28-18-17-27-26-15-13-22-21-23(31)14-16-24(22)25(26)19-20-30(27,28)2/h21,24-28H,3-20H2,1-2H3/t24-,25+,26+,27-,28-,30-/m0/s1/i1D3,3D2,4D2,5D2,6D2,7D2,8D2,9D2,10D2,11D2,12D2. The van der Waals surface area contributed by atoms with E-state index in [1.165, 1.54) is 0 Å². The Morgan fingerprint density at radius 3 is 2.55 bits per heavy atom. The minimum absolute atomic E-state index is 0.00770. The summed E-state index contributed by atoms with van der Waals surface area (Å²) in [5.41, 5.74) is 0.429. The fraction of sp³-hybridized carbons (Fsp3) is 0.867. The zero-order valence-electron chi connectivity index (χ0n) is 41.8. The predicted octanol–water partition coefficient (Wildman–Crippen LogP) is 7.96. The second-order valence-electron chi connectivity index (χ2n) is 9.57. The van der Waals surface area contributed by atoms with Gasteiger partial charge in [0.1, 0.15) is 6.10 Å². The van der Waals surface area contributed by atoms with Crippen molar-refractivity contribution in [2.45, 2.75) is 135 Å². The van der Waals surface area contributed by atoms with Crippen LogP contribution in [0.25, 0.3) is 0 Å². The lowest BCUT2D eigenvalue weighted by atomic mass is 9.52. The van der Waals surface area contributed by atoms with Crippen molar-refractivity contribution in [3.05, 3.63) is 11.6 Å². The summed E-state index contributed by atoms with van der Waals surface area (Å²) < 4.78 is 193. The summed E-state index contributed by atoms with van der Waals surface area (Å²) in [6, 6.07) is 0. The number of hydrogen-bond donors (Lipinski definition) is 0. The molecule has 33 heavy (non-hydrogen) atoms. The van der Waals surface area contributed by atoms with E-state index in [9.17, 15) is 9.59 Å². The van der Waals surface area contributed by atoms with Crippen LogP contribution in [0.5, 0.6) is 0 Å². The number of carbonyl (C=O) groups excluding carboxylic acids is 2. The number of hydrogen-bond acceptors (Lipinski definition) is 3. The van der Waals surface area contributed by atoms with Crippen molar-refractivity contribution in [1.82, 2.24) is 0 Å². The van der Waals surface area contributed by atoms with Gasteiger partial charge in [-0.05, 0) is 81.1 Å². The quantitative estimate of drug-likeness (QED) is 0.282. The van der Waals surface area contributed by atoms with Gasteiger partial charge in [-0.15, -0.1) is 0 Å². The normalized spacial score (nSPS) is 50.5. The smallest absolute Gasteiger partial charge is 0.306 e. The van der Waals surface area contributed by atoms with E-state index in [0.717, 1.165) is 24.8 Å². The van der Waals surface area contributed by atoms with E-state index < -0.39 is 88.1 Å². The van der Waals surface area contributed by atoms with Crippen LogP contribution in [0.2, 0.25) is 0 Å². The molecular formula is C30H48O3. The molecule has 0 heterocycles. The van der Waals surface area contributed by atoms with E-state index in [-0.39, 0.29) is 35.9 Å². The van der Waals surface area contributed by atoms with Crippen molar-refractivity contribution in [1.29, 1.82) is 0 Å². The van der Waals surface area contributed by atoms with Crippen molar-refractivity contribution in [3.63, 3.8) is 0 Å². The van der Waals surface area contributed by atoms with Gasteiger partial charge in [-0.25, -0.2) is 0 Å². The number of esters is 1. The van der Waals surface area contributed by atoms with E-state index >= 15 is 0 Å². The maximum atomic E-state index is 13.6. The molecule has 0 spiro atoms. The topological polar surface area (TPSA) is 43.4 Å². The third-order valence-electron chi connectivity index (χ3n) is 8.13. The molecule has 4 aliphatic rings. The summed E-state index contributed by atoms with van der Waals surface area (Å²) in [7, 11) is 0. The molecule has 0 saturated heterocycles. The summed E-state index contributed by atoms with van der Waals surface area (Å²) in [5.74, 6) is -1.13. The Morgan fingerprint density at radius 1 is 1.00 bits per heavy atom. The average molecular weight is 480 g/mol. The first-order valence-corrected chi connectivity index (χ1v) is 11.6. The molecule has 3 saturated carbocycles. The average Bonchev–Trinajstić information content (AvgIpc) is 3.38. The molecule has 0 N–H and O–H groups in total. The molecule has 0 aliphatic heterocycles. The van der Waals surface area contributed by atoms with Crippen LogP contribution >= 0.6 is 0 Å². The summed E-state index contributed by atoms with van der Waals surface area (Å²) in [4.78, 5) is 25.7. The molecular weight excluding hydrogens is 408 g/mol. The summed E-state index contributed by atoms with van der Waals surface area (Å²) >= 11 is 0. The zero-order chi connectivity index (χ0) is 43.7. The molecule has 0 bridgehead atoms. The molecule has 0 aromatic carbocycles. The van der Waals surface area contributed by atoms with Gasteiger partial charge in [-0.1, -0.05) is 70.3 Å². The Balaban J connectivity index is 1.62. The van der Waals surface area contributed by atoms with Gasteiger partial charge in [0, 0.05) is 49.7 Å². The molecule has 3 heteroatoms. The van der Waals surface area contributed by atoms with E-state index in [1.54, 1.807) is 6.08 Å². The Morgan fingerprint density at radius 2 is 1.76 bits per heavy atom. The number of fused-ring (bicyclic) bond motifs is 5. The van der Waals surface area contributed by atoms with Gasteiger partial charge in [-0.3, -0.25) is 9.59 Å². The van der Waals surface area contributed by atoms with E-state index in [4.69, 9.17) is 36.3 Å². The SMILES string of the molecule is [2H]C([2H])([2H])C([2H])([2H])C([2H])([2H])C([2H])([2H])C([2H])([2H])C([2H])([2H])C([2H])([2H])C([2H])([2H])C([2H])([2H])C([2H])([2H])C([2H])([2H])C(=O)O[C@H]1CC[C@H]2[C@@H]3CCC4=CC(=O)CC[C@@H]4[C@H]3CC[C@]12C. The first-order valence-electron chi connectivity index (χ1n) is 23.1. The molecule has 0 aromatic heterocycles. The monoisotopic (exact) mass is 480 g/mol.